The Morgan fingerprint density at radius 3 is 2.57 bits per heavy atom. The van der Waals surface area contributed by atoms with Crippen LogP contribution in [0.25, 0.3) is 11.0 Å². The van der Waals surface area contributed by atoms with E-state index in [9.17, 15) is 14.4 Å². The summed E-state index contributed by atoms with van der Waals surface area (Å²) in [5.74, 6) is 0.418. The third-order valence-electron chi connectivity index (χ3n) is 6.74. The van der Waals surface area contributed by atoms with Crippen LogP contribution < -0.4 is 10.9 Å². The van der Waals surface area contributed by atoms with E-state index in [2.05, 4.69) is 18.3 Å². The highest BCUT2D eigenvalue weighted by Gasteiger charge is 2.52. The number of benzene rings is 1. The minimum atomic E-state index is -0.764. The van der Waals surface area contributed by atoms with Crippen LogP contribution in [0, 0.1) is 5.92 Å². The molecular formula is C22H24N2O4. The Hall–Kier alpha value is -2.63. The zero-order valence-corrected chi connectivity index (χ0v) is 16.0. The van der Waals surface area contributed by atoms with Crippen molar-refractivity contribution in [3.8, 4) is 0 Å². The van der Waals surface area contributed by atoms with E-state index in [0.717, 1.165) is 37.5 Å². The lowest BCUT2D eigenvalue weighted by Gasteiger charge is -2.33. The van der Waals surface area contributed by atoms with Crippen LogP contribution >= 0.6 is 0 Å². The lowest BCUT2D eigenvalue weighted by molar-refractivity contribution is -0.133. The molecule has 146 valence electrons. The zero-order valence-electron chi connectivity index (χ0n) is 16.0. The van der Waals surface area contributed by atoms with E-state index in [1.54, 1.807) is 0 Å². The molecule has 2 fully saturated rings. The van der Waals surface area contributed by atoms with Crippen molar-refractivity contribution < 1.29 is 14.0 Å². The Labute approximate surface area is 162 Å². The molecular weight excluding hydrogens is 356 g/mol. The fourth-order valence-corrected chi connectivity index (χ4v) is 5.01. The van der Waals surface area contributed by atoms with Gasteiger partial charge in [0.05, 0.1) is 6.54 Å². The first kappa shape index (κ1) is 17.5. The van der Waals surface area contributed by atoms with Gasteiger partial charge in [-0.3, -0.25) is 9.69 Å². The van der Waals surface area contributed by atoms with E-state index >= 15 is 0 Å². The van der Waals surface area contributed by atoms with Crippen molar-refractivity contribution in [3.05, 3.63) is 45.3 Å². The highest BCUT2D eigenvalue weighted by molar-refractivity contribution is 6.07. The fourth-order valence-electron chi connectivity index (χ4n) is 5.01. The van der Waals surface area contributed by atoms with E-state index in [-0.39, 0.29) is 18.5 Å². The molecule has 0 unspecified atom stereocenters. The van der Waals surface area contributed by atoms with Gasteiger partial charge in [-0.15, -0.1) is 0 Å². The van der Waals surface area contributed by atoms with E-state index < -0.39 is 11.2 Å². The summed E-state index contributed by atoms with van der Waals surface area (Å²) in [6, 6.07) is 5.06. The molecule has 2 heterocycles. The van der Waals surface area contributed by atoms with Crippen LogP contribution in [0.3, 0.4) is 0 Å². The second kappa shape index (κ2) is 6.19. The van der Waals surface area contributed by atoms with Gasteiger partial charge in [0.1, 0.15) is 11.1 Å². The SMILES string of the molecule is CC1CCC2(CC1)NC(=O)N(Cc1cc(=O)oc3cc4c(cc13)CCC4)C2=O. The van der Waals surface area contributed by atoms with Gasteiger partial charge in [0.25, 0.3) is 5.91 Å². The summed E-state index contributed by atoms with van der Waals surface area (Å²) in [6.07, 6.45) is 6.33. The van der Waals surface area contributed by atoms with Gasteiger partial charge in [-0.25, -0.2) is 9.59 Å². The van der Waals surface area contributed by atoms with E-state index in [4.69, 9.17) is 4.42 Å². The van der Waals surface area contributed by atoms with Crippen LogP contribution in [0.2, 0.25) is 0 Å². The van der Waals surface area contributed by atoms with Crippen LogP contribution in [0.4, 0.5) is 4.79 Å². The van der Waals surface area contributed by atoms with Crippen molar-refractivity contribution in [3.63, 3.8) is 0 Å². The molecule has 6 nitrogen and oxygen atoms in total. The Morgan fingerprint density at radius 2 is 1.82 bits per heavy atom. The third kappa shape index (κ3) is 2.65. The second-order valence-electron chi connectivity index (χ2n) is 8.65. The number of aryl methyl sites for hydroxylation is 2. The number of carbonyl (C=O) groups is 2. The predicted molar refractivity (Wildman–Crippen MR) is 104 cm³/mol. The minimum absolute atomic E-state index is 0.100. The molecule has 28 heavy (non-hydrogen) atoms. The van der Waals surface area contributed by atoms with Crippen LogP contribution in [-0.2, 0) is 24.2 Å². The van der Waals surface area contributed by atoms with Gasteiger partial charge >= 0.3 is 11.7 Å². The van der Waals surface area contributed by atoms with Crippen LogP contribution in [0.15, 0.2) is 27.4 Å². The maximum atomic E-state index is 13.2. The Morgan fingerprint density at radius 1 is 1.11 bits per heavy atom. The number of imide groups is 1. The molecule has 0 atom stereocenters. The minimum Gasteiger partial charge on any atom is -0.423 e. The van der Waals surface area contributed by atoms with Crippen molar-refractivity contribution in [2.24, 2.45) is 5.92 Å². The van der Waals surface area contributed by atoms with Crippen LogP contribution in [0.5, 0.6) is 0 Å². The van der Waals surface area contributed by atoms with Crippen molar-refractivity contribution in [1.29, 1.82) is 0 Å². The second-order valence-corrected chi connectivity index (χ2v) is 8.65. The summed E-state index contributed by atoms with van der Waals surface area (Å²) < 4.78 is 5.41. The van der Waals surface area contributed by atoms with E-state index in [1.165, 1.54) is 22.1 Å². The van der Waals surface area contributed by atoms with Gasteiger partial charge < -0.3 is 9.73 Å². The molecule has 5 rings (SSSR count). The third-order valence-corrected chi connectivity index (χ3v) is 6.74. The van der Waals surface area contributed by atoms with Gasteiger partial charge in [-0.2, -0.15) is 0 Å². The van der Waals surface area contributed by atoms with Gasteiger partial charge in [0.2, 0.25) is 0 Å². The number of fused-ring (bicyclic) bond motifs is 2. The fraction of sp³-hybridized carbons (Fsp3) is 0.500. The zero-order chi connectivity index (χ0) is 19.5. The Bertz CT molecular complexity index is 1050. The van der Waals surface area contributed by atoms with Crippen molar-refractivity contribution >= 4 is 22.9 Å². The first-order chi connectivity index (χ1) is 13.4. The lowest BCUT2D eigenvalue weighted by atomic mass is 9.77. The van der Waals surface area contributed by atoms with Crippen molar-refractivity contribution in [2.45, 2.75) is 64.0 Å². The van der Waals surface area contributed by atoms with E-state index in [1.807, 2.05) is 6.07 Å². The number of hydrogen-bond acceptors (Lipinski definition) is 4. The smallest absolute Gasteiger partial charge is 0.336 e. The van der Waals surface area contributed by atoms with Gasteiger partial charge in [-0.1, -0.05) is 6.92 Å². The van der Waals surface area contributed by atoms with E-state index in [0.29, 0.717) is 29.9 Å². The molecule has 1 N–H and O–H groups in total. The maximum Gasteiger partial charge on any atom is 0.336 e. The molecule has 1 spiro atoms. The first-order valence-corrected chi connectivity index (χ1v) is 10.2. The number of urea groups is 1. The lowest BCUT2D eigenvalue weighted by Crippen LogP contribution is -2.49. The molecule has 1 aromatic carbocycles. The van der Waals surface area contributed by atoms with Gasteiger partial charge in [-0.05, 0) is 79.7 Å². The molecule has 1 saturated heterocycles. The first-order valence-electron chi connectivity index (χ1n) is 10.2. The number of hydrogen-bond donors (Lipinski definition) is 1. The summed E-state index contributed by atoms with van der Waals surface area (Å²) in [6.45, 7) is 2.28. The number of amides is 3. The standard InChI is InChI=1S/C22H24N2O4/c1-13-5-7-22(8-6-13)20(26)24(21(27)23-22)12-16-11-19(25)28-18-10-15-4-2-3-14(15)9-17(16)18/h9-11,13H,2-8,12H2,1H3,(H,23,27). The van der Waals surface area contributed by atoms with Gasteiger partial charge in [0, 0.05) is 11.5 Å². The van der Waals surface area contributed by atoms with Crippen molar-refractivity contribution in [2.75, 3.05) is 0 Å². The largest absolute Gasteiger partial charge is 0.423 e. The van der Waals surface area contributed by atoms with Crippen LogP contribution in [0.1, 0.15) is 55.7 Å². The summed E-state index contributed by atoms with van der Waals surface area (Å²) in [4.78, 5) is 39.2. The van der Waals surface area contributed by atoms with Crippen LogP contribution in [-0.4, -0.2) is 22.4 Å². The molecule has 6 heteroatoms. The number of rotatable bonds is 2. The molecule has 0 radical (unpaired) electrons. The summed E-state index contributed by atoms with van der Waals surface area (Å²) in [5.41, 5.74) is 2.48. The average Bonchev–Trinajstić information content (AvgIpc) is 3.20. The predicted octanol–water partition coefficient (Wildman–Crippen LogP) is 3.28. The molecule has 1 saturated carbocycles. The molecule has 3 aliphatic rings. The summed E-state index contributed by atoms with van der Waals surface area (Å²) >= 11 is 0. The molecule has 3 amide bonds. The monoisotopic (exact) mass is 380 g/mol. The normalized spacial score (nSPS) is 26.9. The summed E-state index contributed by atoms with van der Waals surface area (Å²) in [5, 5.41) is 3.77. The number of nitrogens with zero attached hydrogens (tertiary/aromatic N) is 1. The number of nitrogens with one attached hydrogen (secondary N) is 1. The molecule has 2 aliphatic carbocycles. The molecule has 1 aromatic heterocycles. The Kier molecular flexibility index (Phi) is 3.86. The quantitative estimate of drug-likeness (QED) is 0.640. The highest BCUT2D eigenvalue weighted by Crippen LogP contribution is 2.37. The molecule has 2 aromatic rings. The summed E-state index contributed by atoms with van der Waals surface area (Å²) in [7, 11) is 0. The maximum absolute atomic E-state index is 13.2. The topological polar surface area (TPSA) is 79.6 Å². The highest BCUT2D eigenvalue weighted by atomic mass is 16.4. The average molecular weight is 380 g/mol. The number of carbonyl (C=O) groups excluding carboxylic acids is 2. The van der Waals surface area contributed by atoms with Crippen molar-refractivity contribution in [1.82, 2.24) is 10.2 Å². The molecule has 0 bridgehead atoms. The van der Waals surface area contributed by atoms with Gasteiger partial charge in [0.15, 0.2) is 0 Å². The molecule has 1 aliphatic heterocycles. The Balaban J connectivity index is 1.51.